The lowest BCUT2D eigenvalue weighted by Gasteiger charge is -2.27. The molecule has 2 aromatic carbocycles. The van der Waals surface area contributed by atoms with Gasteiger partial charge in [-0.05, 0) is 80.5 Å². The molecule has 1 aliphatic carbocycles. The third-order valence-corrected chi connectivity index (χ3v) is 6.78. The van der Waals surface area contributed by atoms with Crippen LogP contribution in [0.15, 0.2) is 47.4 Å². The van der Waals surface area contributed by atoms with Gasteiger partial charge in [-0.1, -0.05) is 29.8 Å². The first kappa shape index (κ1) is 21.8. The monoisotopic (exact) mass is 435 g/mol. The number of aryl methyl sites for hydroxylation is 1. The van der Waals surface area contributed by atoms with Crippen molar-refractivity contribution in [2.45, 2.75) is 63.0 Å². The molecule has 0 amide bonds. The number of hydrogen-bond donors (Lipinski definition) is 1. The van der Waals surface area contributed by atoms with Crippen LogP contribution in [0.2, 0.25) is 5.02 Å². The van der Waals surface area contributed by atoms with Crippen molar-refractivity contribution in [3.63, 3.8) is 0 Å². The Bertz CT molecular complexity index is 971. The Kier molecular flexibility index (Phi) is 6.98. The van der Waals surface area contributed by atoms with Crippen molar-refractivity contribution < 1.29 is 17.9 Å². The highest BCUT2D eigenvalue weighted by Gasteiger charge is 2.25. The van der Waals surface area contributed by atoms with Gasteiger partial charge in [0.1, 0.15) is 0 Å². The van der Waals surface area contributed by atoms with Crippen LogP contribution in [0.4, 0.5) is 0 Å². The minimum Gasteiger partial charge on any atom is -0.463 e. The average molecular weight is 436 g/mol. The van der Waals surface area contributed by atoms with Gasteiger partial charge in [0.05, 0.1) is 11.0 Å². The van der Waals surface area contributed by atoms with Gasteiger partial charge in [0.2, 0.25) is 10.0 Å². The molecule has 3 rings (SSSR count). The zero-order valence-corrected chi connectivity index (χ0v) is 18.2. The second-order valence-corrected chi connectivity index (χ2v) is 9.76. The van der Waals surface area contributed by atoms with E-state index in [1.807, 2.05) is 32.0 Å². The molecule has 1 N–H and O–H groups in total. The summed E-state index contributed by atoms with van der Waals surface area (Å²) in [6.45, 7) is 3.68. The van der Waals surface area contributed by atoms with Gasteiger partial charge >= 0.3 is 5.97 Å². The maximum absolute atomic E-state index is 12.7. The van der Waals surface area contributed by atoms with Crippen LogP contribution in [0.3, 0.4) is 0 Å². The number of esters is 1. The lowest BCUT2D eigenvalue weighted by Crippen LogP contribution is -2.39. The molecule has 0 bridgehead atoms. The fourth-order valence-corrected chi connectivity index (χ4v) is 5.08. The Balaban J connectivity index is 1.67. The number of hydrogen-bond acceptors (Lipinski definition) is 4. The molecule has 2 aromatic rings. The van der Waals surface area contributed by atoms with Crippen molar-refractivity contribution in [3.05, 3.63) is 64.2 Å². The maximum atomic E-state index is 12.7. The summed E-state index contributed by atoms with van der Waals surface area (Å²) in [6, 6.07) is 12.0. The highest BCUT2D eigenvalue weighted by molar-refractivity contribution is 7.89. The minimum absolute atomic E-state index is 0.110. The van der Waals surface area contributed by atoms with E-state index < -0.39 is 10.0 Å². The summed E-state index contributed by atoms with van der Waals surface area (Å²) in [5.41, 5.74) is 3.50. The molecule has 0 fully saturated rings. The summed E-state index contributed by atoms with van der Waals surface area (Å²) in [5.74, 6) is -0.193. The van der Waals surface area contributed by atoms with Gasteiger partial charge in [0.15, 0.2) is 0 Å². The van der Waals surface area contributed by atoms with Crippen LogP contribution >= 0.6 is 11.6 Å². The number of carbonyl (C=O) groups is 1. The number of ether oxygens (including phenoxy) is 1. The quantitative estimate of drug-likeness (QED) is 0.665. The number of halogens is 1. The number of sulfonamides is 1. The molecule has 0 aliphatic heterocycles. The SMILES string of the molecule is CC(C)OC(=O)CCc1cccc2c1CCC(NS(=O)(=O)c1ccc(Cl)cc1)C2. The Labute approximate surface area is 177 Å². The van der Waals surface area contributed by atoms with Gasteiger partial charge in [-0.3, -0.25) is 4.79 Å². The van der Waals surface area contributed by atoms with E-state index in [9.17, 15) is 13.2 Å². The fourth-order valence-electron chi connectivity index (χ4n) is 3.68. The second kappa shape index (κ2) is 9.28. The number of nitrogens with one attached hydrogen (secondary N) is 1. The van der Waals surface area contributed by atoms with Crippen LogP contribution in [-0.2, 0) is 38.8 Å². The maximum Gasteiger partial charge on any atom is 0.306 e. The van der Waals surface area contributed by atoms with E-state index in [4.69, 9.17) is 16.3 Å². The standard InChI is InChI=1S/C22H26ClNO4S/c1-15(2)28-22(25)13-6-16-4-3-5-17-14-19(9-12-21(16)17)24-29(26,27)20-10-7-18(23)8-11-20/h3-5,7-8,10-11,15,19,24H,6,9,12-14H2,1-2H3. The van der Waals surface area contributed by atoms with E-state index in [-0.39, 0.29) is 23.0 Å². The molecule has 0 heterocycles. The molecule has 5 nitrogen and oxygen atoms in total. The lowest BCUT2D eigenvalue weighted by atomic mass is 9.85. The third-order valence-electron chi connectivity index (χ3n) is 4.99. The Hall–Kier alpha value is -1.89. The summed E-state index contributed by atoms with van der Waals surface area (Å²) in [5, 5.41) is 0.500. The van der Waals surface area contributed by atoms with Crippen molar-refractivity contribution in [2.75, 3.05) is 0 Å². The Morgan fingerprint density at radius 3 is 2.62 bits per heavy atom. The van der Waals surface area contributed by atoms with Crippen LogP contribution in [-0.4, -0.2) is 26.5 Å². The zero-order chi connectivity index (χ0) is 21.0. The minimum atomic E-state index is -3.59. The second-order valence-electron chi connectivity index (χ2n) is 7.61. The molecule has 0 aromatic heterocycles. The number of benzene rings is 2. The summed E-state index contributed by atoms with van der Waals surface area (Å²) >= 11 is 5.85. The molecule has 29 heavy (non-hydrogen) atoms. The lowest BCUT2D eigenvalue weighted by molar-refractivity contribution is -0.147. The third kappa shape index (κ3) is 5.81. The van der Waals surface area contributed by atoms with E-state index in [1.165, 1.54) is 17.7 Å². The smallest absolute Gasteiger partial charge is 0.306 e. The van der Waals surface area contributed by atoms with E-state index >= 15 is 0 Å². The first-order valence-corrected chi connectivity index (χ1v) is 11.7. The molecule has 0 saturated heterocycles. The van der Waals surface area contributed by atoms with Crippen molar-refractivity contribution >= 4 is 27.6 Å². The van der Waals surface area contributed by atoms with Crippen LogP contribution in [0.1, 0.15) is 43.4 Å². The van der Waals surface area contributed by atoms with E-state index in [0.29, 0.717) is 30.7 Å². The summed E-state index contributed by atoms with van der Waals surface area (Å²) in [7, 11) is -3.59. The van der Waals surface area contributed by atoms with Crippen molar-refractivity contribution in [3.8, 4) is 0 Å². The molecular weight excluding hydrogens is 410 g/mol. The number of rotatable bonds is 7. The van der Waals surface area contributed by atoms with Crippen molar-refractivity contribution in [1.82, 2.24) is 4.72 Å². The van der Waals surface area contributed by atoms with E-state index in [1.54, 1.807) is 12.1 Å². The van der Waals surface area contributed by atoms with Gasteiger partial charge in [-0.25, -0.2) is 13.1 Å². The molecule has 1 unspecified atom stereocenters. The zero-order valence-electron chi connectivity index (χ0n) is 16.7. The first-order chi connectivity index (χ1) is 13.7. The predicted octanol–water partition coefficient (Wildman–Crippen LogP) is 4.06. The molecule has 1 aliphatic rings. The molecular formula is C22H26ClNO4S. The van der Waals surface area contributed by atoms with Crippen molar-refractivity contribution in [2.24, 2.45) is 0 Å². The van der Waals surface area contributed by atoms with Gasteiger partial charge < -0.3 is 4.74 Å². The largest absolute Gasteiger partial charge is 0.463 e. The Morgan fingerprint density at radius 2 is 1.93 bits per heavy atom. The molecule has 7 heteroatoms. The Morgan fingerprint density at radius 1 is 1.21 bits per heavy atom. The number of fused-ring (bicyclic) bond motifs is 1. The average Bonchev–Trinajstić information content (AvgIpc) is 2.65. The predicted molar refractivity (Wildman–Crippen MR) is 114 cm³/mol. The molecule has 0 spiro atoms. The molecule has 0 radical (unpaired) electrons. The van der Waals surface area contributed by atoms with Crippen molar-refractivity contribution in [1.29, 1.82) is 0 Å². The van der Waals surface area contributed by atoms with Gasteiger partial charge in [0, 0.05) is 17.5 Å². The molecule has 0 saturated carbocycles. The fraction of sp³-hybridized carbons (Fsp3) is 0.409. The van der Waals surface area contributed by atoms with Gasteiger partial charge in [-0.15, -0.1) is 0 Å². The topological polar surface area (TPSA) is 72.5 Å². The summed E-state index contributed by atoms with van der Waals surface area (Å²) in [4.78, 5) is 12.1. The molecule has 156 valence electrons. The highest BCUT2D eigenvalue weighted by atomic mass is 35.5. The van der Waals surface area contributed by atoms with Crippen LogP contribution in [0.5, 0.6) is 0 Å². The molecule has 1 atom stereocenters. The normalized spacial score (nSPS) is 16.5. The van der Waals surface area contributed by atoms with Gasteiger partial charge in [0.25, 0.3) is 0 Å². The van der Waals surface area contributed by atoms with Gasteiger partial charge in [-0.2, -0.15) is 0 Å². The van der Waals surface area contributed by atoms with Crippen LogP contribution in [0.25, 0.3) is 0 Å². The van der Waals surface area contributed by atoms with Crippen LogP contribution in [0, 0.1) is 0 Å². The number of carbonyl (C=O) groups excluding carboxylic acids is 1. The van der Waals surface area contributed by atoms with E-state index in [0.717, 1.165) is 17.5 Å². The first-order valence-electron chi connectivity index (χ1n) is 9.81. The van der Waals surface area contributed by atoms with Crippen LogP contribution < -0.4 is 4.72 Å². The highest BCUT2D eigenvalue weighted by Crippen LogP contribution is 2.27. The summed E-state index contributed by atoms with van der Waals surface area (Å²) in [6.07, 6.45) is 3.00. The summed E-state index contributed by atoms with van der Waals surface area (Å²) < 4.78 is 33.3. The van der Waals surface area contributed by atoms with E-state index in [2.05, 4.69) is 4.72 Å².